The minimum Gasteiger partial charge on any atom is -0.489 e. The SMILES string of the molecule is CCOC(=O)Cc1ccccc1OCc1cc(-c2ccnc(CC[S@@](=O)C(C)(C)C)c2F)c2ccn(C(F)(F)F)c2c1. The summed E-state index contributed by atoms with van der Waals surface area (Å²) in [6.45, 7) is 7.27. The molecule has 11 heteroatoms. The van der Waals surface area contributed by atoms with Gasteiger partial charge in [-0.2, -0.15) is 0 Å². The second-order valence-electron chi connectivity index (χ2n) is 10.6. The molecule has 0 aliphatic rings. The van der Waals surface area contributed by atoms with E-state index < -0.39 is 33.6 Å². The van der Waals surface area contributed by atoms with Crippen LogP contribution >= 0.6 is 0 Å². The smallest absolute Gasteiger partial charge is 0.488 e. The van der Waals surface area contributed by atoms with E-state index >= 15 is 4.39 Å². The number of nitrogens with zero attached hydrogens (tertiary/aromatic N) is 2. The Bertz CT molecular complexity index is 1610. The Labute approximate surface area is 244 Å². The van der Waals surface area contributed by atoms with Gasteiger partial charge >= 0.3 is 12.3 Å². The standard InChI is InChI=1S/C31H32F4N2O4S/c1-5-40-28(38)18-21-8-6-7-9-27(21)41-19-20-16-24(22-11-14-37(26(22)17-20)31(33,34)35)23-10-13-36-25(29(23)32)12-15-42(39)30(2,3)4/h6-11,13-14,16-17H,5,12,15,18-19H2,1-4H3/t42-/m1/s1. The highest BCUT2D eigenvalue weighted by atomic mass is 32.2. The summed E-state index contributed by atoms with van der Waals surface area (Å²) in [5.74, 6) is -0.545. The van der Waals surface area contributed by atoms with E-state index in [1.165, 1.54) is 24.4 Å². The van der Waals surface area contributed by atoms with Crippen LogP contribution in [0.1, 0.15) is 44.5 Å². The second kappa shape index (κ2) is 12.6. The van der Waals surface area contributed by atoms with Crippen LogP contribution in [0.2, 0.25) is 0 Å². The first kappa shape index (κ1) is 31.2. The van der Waals surface area contributed by atoms with Gasteiger partial charge in [-0.15, -0.1) is 13.2 Å². The van der Waals surface area contributed by atoms with Gasteiger partial charge in [0.1, 0.15) is 12.4 Å². The van der Waals surface area contributed by atoms with Crippen molar-refractivity contribution < 1.29 is 36.0 Å². The van der Waals surface area contributed by atoms with Gasteiger partial charge < -0.3 is 9.47 Å². The van der Waals surface area contributed by atoms with Gasteiger partial charge in [0, 0.05) is 56.6 Å². The molecule has 0 spiro atoms. The Hall–Kier alpha value is -3.73. The number of rotatable bonds is 10. The lowest BCUT2D eigenvalue weighted by atomic mass is 9.98. The van der Waals surface area contributed by atoms with Crippen molar-refractivity contribution >= 4 is 27.7 Å². The minimum atomic E-state index is -4.70. The van der Waals surface area contributed by atoms with Crippen molar-refractivity contribution in [3.8, 4) is 16.9 Å². The lowest BCUT2D eigenvalue weighted by Gasteiger charge is -2.18. The van der Waals surface area contributed by atoms with Gasteiger partial charge in [0.2, 0.25) is 0 Å². The number of carbonyl (C=O) groups excluding carboxylic acids is 1. The quantitative estimate of drug-likeness (QED) is 0.143. The summed E-state index contributed by atoms with van der Waals surface area (Å²) in [6, 6.07) is 12.5. The van der Waals surface area contributed by atoms with Crippen LogP contribution in [0.25, 0.3) is 22.0 Å². The van der Waals surface area contributed by atoms with Gasteiger partial charge in [0.15, 0.2) is 5.82 Å². The van der Waals surface area contributed by atoms with E-state index in [-0.39, 0.29) is 64.1 Å². The normalized spacial score (nSPS) is 12.9. The fraction of sp³-hybridized carbons (Fsp3) is 0.355. The van der Waals surface area contributed by atoms with Crippen molar-refractivity contribution in [2.45, 2.75) is 58.2 Å². The maximum Gasteiger partial charge on any atom is 0.488 e. The molecule has 2 heterocycles. The van der Waals surface area contributed by atoms with E-state index in [1.807, 2.05) is 20.8 Å². The van der Waals surface area contributed by atoms with E-state index in [1.54, 1.807) is 37.3 Å². The second-order valence-corrected chi connectivity index (χ2v) is 13.0. The Morgan fingerprint density at radius 3 is 2.48 bits per heavy atom. The van der Waals surface area contributed by atoms with Crippen molar-refractivity contribution in [3.05, 3.63) is 83.6 Å². The third kappa shape index (κ3) is 7.18. The maximum absolute atomic E-state index is 15.8. The van der Waals surface area contributed by atoms with Crippen molar-refractivity contribution in [1.82, 2.24) is 9.55 Å². The molecular weight excluding hydrogens is 572 g/mol. The Balaban J connectivity index is 1.73. The molecule has 2 aromatic heterocycles. The number of benzene rings is 2. The zero-order chi connectivity index (χ0) is 30.7. The Morgan fingerprint density at radius 1 is 1.05 bits per heavy atom. The largest absolute Gasteiger partial charge is 0.489 e. The van der Waals surface area contributed by atoms with E-state index in [4.69, 9.17) is 9.47 Å². The van der Waals surface area contributed by atoms with Gasteiger partial charge in [-0.05, 0) is 69.2 Å². The molecule has 2 aromatic carbocycles. The highest BCUT2D eigenvalue weighted by Crippen LogP contribution is 2.37. The molecular formula is C31H32F4N2O4S. The monoisotopic (exact) mass is 604 g/mol. The number of ether oxygens (including phenoxy) is 2. The fourth-order valence-electron chi connectivity index (χ4n) is 4.51. The molecule has 0 amide bonds. The molecule has 224 valence electrons. The van der Waals surface area contributed by atoms with Crippen molar-refractivity contribution in [2.75, 3.05) is 12.4 Å². The summed E-state index contributed by atoms with van der Waals surface area (Å²) in [5.41, 5.74) is 1.17. The van der Waals surface area contributed by atoms with Gasteiger partial charge in [-0.25, -0.2) is 4.39 Å². The van der Waals surface area contributed by atoms with Crippen LogP contribution < -0.4 is 4.74 Å². The summed E-state index contributed by atoms with van der Waals surface area (Å²) in [5, 5.41) is 0.202. The van der Waals surface area contributed by atoms with Gasteiger partial charge in [0.05, 0.1) is 24.2 Å². The van der Waals surface area contributed by atoms with Gasteiger partial charge in [-0.3, -0.25) is 18.6 Å². The summed E-state index contributed by atoms with van der Waals surface area (Å²) in [4.78, 5) is 16.2. The molecule has 0 saturated heterocycles. The highest BCUT2D eigenvalue weighted by molar-refractivity contribution is 7.86. The number of fused-ring (bicyclic) bond motifs is 1. The number of halogens is 4. The van der Waals surface area contributed by atoms with Crippen molar-refractivity contribution in [2.24, 2.45) is 0 Å². The number of aromatic nitrogens is 2. The number of pyridine rings is 1. The first-order valence-corrected chi connectivity index (χ1v) is 14.7. The zero-order valence-corrected chi connectivity index (χ0v) is 24.6. The highest BCUT2D eigenvalue weighted by Gasteiger charge is 2.32. The summed E-state index contributed by atoms with van der Waals surface area (Å²) >= 11 is 0. The lowest BCUT2D eigenvalue weighted by Crippen LogP contribution is -2.25. The predicted octanol–water partition coefficient (Wildman–Crippen LogP) is 7.09. The van der Waals surface area contributed by atoms with E-state index in [9.17, 15) is 22.2 Å². The maximum atomic E-state index is 15.8. The molecule has 0 aliphatic carbocycles. The van der Waals surface area contributed by atoms with Crippen LogP contribution in [-0.2, 0) is 46.1 Å². The van der Waals surface area contributed by atoms with Gasteiger partial charge in [0.25, 0.3) is 0 Å². The molecule has 1 atom stereocenters. The van der Waals surface area contributed by atoms with Crippen molar-refractivity contribution in [1.29, 1.82) is 0 Å². The molecule has 42 heavy (non-hydrogen) atoms. The Kier molecular flexibility index (Phi) is 9.40. The first-order chi connectivity index (χ1) is 19.8. The third-order valence-corrected chi connectivity index (χ3v) is 8.55. The topological polar surface area (TPSA) is 70.4 Å². The summed E-state index contributed by atoms with van der Waals surface area (Å²) < 4.78 is 80.7. The average Bonchev–Trinajstić information content (AvgIpc) is 3.36. The van der Waals surface area contributed by atoms with Crippen LogP contribution in [0.15, 0.2) is 60.9 Å². The molecule has 0 saturated carbocycles. The number of alkyl halides is 3. The number of carbonyl (C=O) groups is 1. The zero-order valence-electron chi connectivity index (χ0n) is 23.8. The van der Waals surface area contributed by atoms with Crippen LogP contribution in [-0.4, -0.2) is 36.8 Å². The summed E-state index contributed by atoms with van der Waals surface area (Å²) in [7, 11) is -1.24. The molecule has 4 rings (SSSR count). The van der Waals surface area contributed by atoms with Crippen LogP contribution in [0.4, 0.5) is 17.6 Å². The third-order valence-electron chi connectivity index (χ3n) is 6.61. The molecule has 6 nitrogen and oxygen atoms in total. The molecule has 0 aliphatic heterocycles. The average molecular weight is 605 g/mol. The van der Waals surface area contributed by atoms with Crippen LogP contribution in [0.3, 0.4) is 0 Å². The predicted molar refractivity (Wildman–Crippen MR) is 154 cm³/mol. The molecule has 0 bridgehead atoms. The molecule has 4 aromatic rings. The molecule has 0 unspecified atom stereocenters. The van der Waals surface area contributed by atoms with Gasteiger partial charge in [-0.1, -0.05) is 18.2 Å². The fourth-order valence-corrected chi connectivity index (χ4v) is 5.50. The molecule has 0 fully saturated rings. The van der Waals surface area contributed by atoms with E-state index in [2.05, 4.69) is 4.98 Å². The number of aryl methyl sites for hydroxylation is 1. The molecule has 0 N–H and O–H groups in total. The Morgan fingerprint density at radius 2 is 1.79 bits per heavy atom. The van der Waals surface area contributed by atoms with E-state index in [0.717, 1.165) is 6.20 Å². The first-order valence-electron chi connectivity index (χ1n) is 13.4. The van der Waals surface area contributed by atoms with E-state index in [0.29, 0.717) is 16.9 Å². The van der Waals surface area contributed by atoms with Crippen molar-refractivity contribution in [3.63, 3.8) is 0 Å². The van der Waals surface area contributed by atoms with Crippen LogP contribution in [0, 0.1) is 5.82 Å². The lowest BCUT2D eigenvalue weighted by molar-refractivity contribution is -0.200. The number of hydrogen-bond donors (Lipinski definition) is 0. The number of para-hydroxylation sites is 1. The minimum absolute atomic E-state index is 0.0315. The number of hydrogen-bond acceptors (Lipinski definition) is 5. The summed E-state index contributed by atoms with van der Waals surface area (Å²) in [6.07, 6.45) is -2.33. The number of esters is 1. The van der Waals surface area contributed by atoms with Crippen LogP contribution in [0.5, 0.6) is 5.75 Å². The molecule has 0 radical (unpaired) electrons.